The van der Waals surface area contributed by atoms with Crippen LogP contribution in [-0.4, -0.2) is 5.66 Å². The van der Waals surface area contributed by atoms with Crippen molar-refractivity contribution in [1.29, 1.82) is 0 Å². The molecule has 0 saturated carbocycles. The highest BCUT2D eigenvalue weighted by Crippen LogP contribution is 2.64. The second-order valence-electron chi connectivity index (χ2n) is 15.6. The van der Waals surface area contributed by atoms with Gasteiger partial charge in [-0.3, -0.25) is 0 Å². The van der Waals surface area contributed by atoms with E-state index >= 15 is 52.7 Å². The summed E-state index contributed by atoms with van der Waals surface area (Å²) in [5.41, 5.74) is -51.1. The van der Waals surface area contributed by atoms with E-state index in [9.17, 15) is 105 Å². The monoisotopic (exact) mass is 1250 g/mol. The van der Waals surface area contributed by atoms with Crippen molar-refractivity contribution < 1.29 is 158 Å². The Morgan fingerprint density at radius 2 is 0.443 bits per heavy atom. The Labute approximate surface area is 413 Å². The Morgan fingerprint density at radius 3 is 0.646 bits per heavy atom. The molecule has 0 N–H and O–H groups in total. The summed E-state index contributed by atoms with van der Waals surface area (Å²) < 4.78 is 529. The molecule has 0 aliphatic heterocycles. The number of hydrogen-bond acceptors (Lipinski definition) is 0. The molecule has 5 rings (SSSR count). The molecule has 4 aromatic carbocycles. The number of rotatable bonds is 6. The Morgan fingerprint density at radius 1 is 0.241 bits per heavy atom. The fraction of sp³-hybridized carbons (Fsp3) is 0.317. The van der Waals surface area contributed by atoms with Crippen molar-refractivity contribution in [3.8, 4) is 0 Å². The quantitative estimate of drug-likeness (QED) is 0.133. The first-order chi connectivity index (χ1) is 34.9. The predicted molar refractivity (Wildman–Crippen MR) is 199 cm³/mol. The molecule has 0 fully saturated rings. The molecule has 0 saturated heterocycles. The van der Waals surface area contributed by atoms with Crippen molar-refractivity contribution in [1.82, 2.24) is 0 Å². The Bertz CT molecular complexity index is 2850. The minimum atomic E-state index is -7.32. The minimum absolute atomic E-state index is 0.223. The van der Waals surface area contributed by atoms with E-state index < -0.39 is 250 Å². The molecular weight excluding hydrogens is 1240 g/mol. The van der Waals surface area contributed by atoms with Gasteiger partial charge in [-0.1, -0.05) is 42.5 Å². The summed E-state index contributed by atoms with van der Waals surface area (Å²) >= 11 is 0. The molecule has 438 valence electrons. The molecule has 0 radical (unpaired) electrons. The van der Waals surface area contributed by atoms with E-state index in [2.05, 4.69) is 0 Å². The van der Waals surface area contributed by atoms with E-state index in [-0.39, 0.29) is 6.08 Å². The standard InChI is InChI=1S/C41H12F36P2/c42-30(43,44)12-4-8-18(26(38(66,67)68)22(12)34(54,55)56)78(19-9-5-13(31(45,46)47)23(35(57,58)59)27(19)39(69,70)71)16-2-1-3-17(16)79(20-10-6-14(32(48,49)50)24(36(60,61)62)28(20)40(72,73)74)21-11-7-15(33(51,52)53)25(37(63,64)65)29(21)41(75,76)77/h1-11,16H. The molecule has 0 heterocycles. The molecule has 0 bridgehead atoms. The van der Waals surface area contributed by atoms with E-state index in [1.54, 1.807) is 0 Å². The van der Waals surface area contributed by atoms with Crippen LogP contribution in [0.15, 0.2) is 72.1 Å². The van der Waals surface area contributed by atoms with Gasteiger partial charge < -0.3 is 0 Å². The smallest absolute Gasteiger partial charge is 0.166 e. The normalized spacial score (nSPS) is 16.2. The molecule has 0 spiro atoms. The Hall–Kier alpha value is -5.30. The van der Waals surface area contributed by atoms with Crippen LogP contribution in [0.5, 0.6) is 0 Å². The summed E-state index contributed by atoms with van der Waals surface area (Å²) in [6, 6.07) is -9.02. The van der Waals surface area contributed by atoms with Gasteiger partial charge >= 0.3 is 74.1 Å². The number of benzene rings is 4. The molecular formula is C41H12F36P2. The number of alkyl halides is 36. The van der Waals surface area contributed by atoms with Crippen molar-refractivity contribution in [2.75, 3.05) is 0 Å². The largest absolute Gasteiger partial charge is 0.417 e. The summed E-state index contributed by atoms with van der Waals surface area (Å²) in [6.45, 7) is 0. The van der Waals surface area contributed by atoms with Gasteiger partial charge in [0.1, 0.15) is 0 Å². The fourth-order valence-corrected chi connectivity index (χ4v) is 14.5. The molecule has 0 aromatic heterocycles. The van der Waals surface area contributed by atoms with Crippen molar-refractivity contribution in [2.45, 2.75) is 79.8 Å². The van der Waals surface area contributed by atoms with Gasteiger partial charge in [0.15, 0.2) is 0 Å². The number of halogens is 36. The van der Waals surface area contributed by atoms with Crippen LogP contribution in [0.3, 0.4) is 0 Å². The molecule has 1 atom stereocenters. The maximum atomic E-state index is 15.2. The molecule has 0 amide bonds. The topological polar surface area (TPSA) is 0 Å². The van der Waals surface area contributed by atoms with Gasteiger partial charge in [0.05, 0.1) is 66.8 Å². The SMILES string of the molecule is FC(F)(F)c1ccc(P(C2=CC=CC2P(c2ccc(C(F)(F)F)c(C(F)(F)F)c2C(F)(F)F)c2ccc(C(F)(F)F)c(C(F)(F)F)c2C(F)(F)F)c2ccc(C(F)(F)F)c(C(F)(F)F)c2C(F)(F)F)c(C(F)(F)F)c1C(F)(F)F. The van der Waals surface area contributed by atoms with Crippen molar-refractivity contribution in [3.05, 3.63) is 139 Å². The average Bonchev–Trinajstić information content (AvgIpc) is 3.67. The lowest BCUT2D eigenvalue weighted by Gasteiger charge is -2.37. The molecule has 1 aliphatic rings. The van der Waals surface area contributed by atoms with Crippen LogP contribution in [0.2, 0.25) is 0 Å². The van der Waals surface area contributed by atoms with Gasteiger partial charge in [-0.2, -0.15) is 158 Å². The Balaban J connectivity index is 2.29. The van der Waals surface area contributed by atoms with Crippen molar-refractivity contribution in [2.24, 2.45) is 0 Å². The molecule has 1 unspecified atom stereocenters. The number of allylic oxidation sites excluding steroid dienone is 4. The van der Waals surface area contributed by atoms with Gasteiger partial charge in [-0.05, 0) is 66.6 Å². The highest BCUT2D eigenvalue weighted by molar-refractivity contribution is 7.80. The first-order valence-electron chi connectivity index (χ1n) is 19.4. The van der Waals surface area contributed by atoms with Crippen LogP contribution in [-0.2, 0) is 74.1 Å². The van der Waals surface area contributed by atoms with E-state index in [1.807, 2.05) is 0 Å². The third-order valence-electron chi connectivity index (χ3n) is 10.6. The van der Waals surface area contributed by atoms with E-state index in [0.717, 1.165) is 0 Å². The fourth-order valence-electron chi connectivity index (χ4n) is 8.13. The van der Waals surface area contributed by atoms with E-state index in [1.165, 1.54) is 0 Å². The van der Waals surface area contributed by atoms with Gasteiger partial charge in [0, 0.05) is 5.66 Å². The third kappa shape index (κ3) is 12.8. The van der Waals surface area contributed by atoms with Gasteiger partial charge in [-0.15, -0.1) is 0 Å². The zero-order valence-corrected chi connectivity index (χ0v) is 37.7. The maximum Gasteiger partial charge on any atom is 0.417 e. The zero-order valence-electron chi connectivity index (χ0n) is 35.9. The summed E-state index contributed by atoms with van der Waals surface area (Å²) in [7, 11) is -11.4. The Kier molecular flexibility index (Phi) is 16.1. The maximum absolute atomic E-state index is 15.2. The van der Waals surface area contributed by atoms with Crippen LogP contribution in [0.4, 0.5) is 158 Å². The third-order valence-corrected chi connectivity index (χ3v) is 16.3. The lowest BCUT2D eigenvalue weighted by molar-refractivity contribution is -0.174. The van der Waals surface area contributed by atoms with E-state index in [4.69, 9.17) is 0 Å². The summed E-state index contributed by atoms with van der Waals surface area (Å²) in [6.07, 6.45) is -86.4. The van der Waals surface area contributed by atoms with Crippen LogP contribution >= 0.6 is 15.8 Å². The molecule has 4 aromatic rings. The lowest BCUT2D eigenvalue weighted by Crippen LogP contribution is -2.38. The van der Waals surface area contributed by atoms with Gasteiger partial charge in [0.2, 0.25) is 0 Å². The van der Waals surface area contributed by atoms with Gasteiger partial charge in [0.25, 0.3) is 0 Å². The molecule has 0 nitrogen and oxygen atoms in total. The highest BCUT2D eigenvalue weighted by atomic mass is 31.1. The van der Waals surface area contributed by atoms with E-state index in [0.29, 0.717) is 0 Å². The van der Waals surface area contributed by atoms with Crippen LogP contribution in [0, 0.1) is 0 Å². The number of hydrogen-bond donors (Lipinski definition) is 0. The highest BCUT2D eigenvalue weighted by Gasteiger charge is 2.59. The first kappa shape index (κ1) is 64.5. The first-order valence-corrected chi connectivity index (χ1v) is 22.2. The molecule has 38 heteroatoms. The minimum Gasteiger partial charge on any atom is -0.166 e. The zero-order chi connectivity index (χ0) is 61.3. The van der Waals surface area contributed by atoms with Crippen molar-refractivity contribution in [3.63, 3.8) is 0 Å². The summed E-state index contributed by atoms with van der Waals surface area (Å²) in [4.78, 5) is 0. The molecule has 1 aliphatic carbocycles. The van der Waals surface area contributed by atoms with Crippen molar-refractivity contribution >= 4 is 37.1 Å². The predicted octanol–water partition coefficient (Wildman–Crippen LogP) is 18.3. The van der Waals surface area contributed by atoms with Crippen LogP contribution < -0.4 is 21.2 Å². The lowest BCUT2D eigenvalue weighted by atomic mass is 9.99. The second-order valence-corrected chi connectivity index (χ2v) is 20.0. The summed E-state index contributed by atoms with van der Waals surface area (Å²) in [5.74, 6) is 0. The van der Waals surface area contributed by atoms with Crippen LogP contribution in [0.1, 0.15) is 66.8 Å². The van der Waals surface area contributed by atoms with Crippen LogP contribution in [0.25, 0.3) is 0 Å². The van der Waals surface area contributed by atoms with Gasteiger partial charge in [-0.25, -0.2) is 0 Å². The molecule has 79 heavy (non-hydrogen) atoms. The summed E-state index contributed by atoms with van der Waals surface area (Å²) in [5, 5.41) is -14.7. The average molecular weight is 1250 g/mol. The second kappa shape index (κ2) is 19.7.